The van der Waals surface area contributed by atoms with Crippen LogP contribution in [-0.2, 0) is 54.5 Å². The van der Waals surface area contributed by atoms with Gasteiger partial charge in [-0.05, 0) is 66.3 Å². The maximum atomic E-state index is 13.7. The van der Waals surface area contributed by atoms with Crippen molar-refractivity contribution in [2.75, 3.05) is 36.1 Å². The molecule has 0 unspecified atom stereocenters. The van der Waals surface area contributed by atoms with E-state index < -0.39 is 139 Å². The minimum absolute atomic E-state index is 0.00861. The largest absolute Gasteiger partial charge is 0.481 e. The Balaban J connectivity index is 0.978. The van der Waals surface area contributed by atoms with Crippen LogP contribution in [-0.4, -0.2) is 162 Å². The number of fused-ring (bicyclic) bond motifs is 4. The summed E-state index contributed by atoms with van der Waals surface area (Å²) in [5.74, 6) is -11.3. The fraction of sp³-hybridized carbons (Fsp3) is 0.351. The third-order valence-electron chi connectivity index (χ3n) is 13.5. The Bertz CT molecular complexity index is 3430. The molecule has 2 aromatic heterocycles. The first-order valence-corrected chi connectivity index (χ1v) is 28.4. The van der Waals surface area contributed by atoms with Crippen molar-refractivity contribution in [2.24, 2.45) is 0 Å². The number of aliphatic carboxylic acids is 3. The number of carbonyl (C=O) groups is 11. The van der Waals surface area contributed by atoms with Crippen molar-refractivity contribution in [2.45, 2.75) is 101 Å². The number of nitrogen functional groups attached to an aromatic ring is 1. The molecule has 0 spiro atoms. The van der Waals surface area contributed by atoms with E-state index in [2.05, 4.69) is 98.6 Å². The summed E-state index contributed by atoms with van der Waals surface area (Å²) >= 11 is 1.56. The number of rotatable bonds is 33. The van der Waals surface area contributed by atoms with E-state index in [1.54, 1.807) is 30.8 Å². The van der Waals surface area contributed by atoms with Crippen LogP contribution in [0.25, 0.3) is 22.3 Å². The fourth-order valence-electron chi connectivity index (χ4n) is 9.11. The van der Waals surface area contributed by atoms with E-state index in [0.29, 0.717) is 22.9 Å². The highest BCUT2D eigenvalue weighted by Gasteiger charge is 2.35. The number of hydrogen-bond donors (Lipinski definition) is 14. The SMILES string of the molecule is C=CC[C@H](NC(=O)[C@H](CC(=O)O)NC(=O)CC[C@@H](C)NC(=O)c1ccc(NCc2cnc3nc(N)[nH]c(=O)c3n2)cc1)C(=O)N[C@@H](CC(=O)O)C(=O)N[C@@H](CC(=O)O)C(=O)N[C@@H](CNC(=O)CCSCC1c2ccccc2-c2ccccc21)C(=O)NC. The Hall–Kier alpha value is -10.3. The van der Waals surface area contributed by atoms with Crippen LogP contribution in [0.15, 0.2) is 96.4 Å². The maximum absolute atomic E-state index is 13.7. The van der Waals surface area contributed by atoms with Gasteiger partial charge in [0.1, 0.15) is 30.2 Å². The molecular formula is C57H66N14O15S. The molecule has 1 aliphatic carbocycles. The molecule has 0 saturated carbocycles. The first-order valence-electron chi connectivity index (χ1n) is 27.2. The van der Waals surface area contributed by atoms with Gasteiger partial charge < -0.3 is 68.9 Å². The van der Waals surface area contributed by atoms with Gasteiger partial charge in [-0.25, -0.2) is 9.97 Å². The van der Waals surface area contributed by atoms with Gasteiger partial charge >= 0.3 is 17.9 Å². The average molecular weight is 1220 g/mol. The molecule has 5 aromatic rings. The van der Waals surface area contributed by atoms with Gasteiger partial charge in [0, 0.05) is 61.2 Å². The summed E-state index contributed by atoms with van der Waals surface area (Å²) in [4.78, 5) is 169. The number of carbonyl (C=O) groups excluding carboxylic acids is 8. The van der Waals surface area contributed by atoms with Crippen LogP contribution in [0.1, 0.15) is 85.0 Å². The minimum Gasteiger partial charge on any atom is -0.481 e. The molecule has 29 nitrogen and oxygen atoms in total. The molecule has 87 heavy (non-hydrogen) atoms. The number of anilines is 2. The fourth-order valence-corrected chi connectivity index (χ4v) is 10.2. The Morgan fingerprint density at radius 1 is 0.678 bits per heavy atom. The number of hydrogen-bond acceptors (Lipinski definition) is 18. The van der Waals surface area contributed by atoms with Crippen molar-refractivity contribution >= 4 is 99.7 Å². The zero-order chi connectivity index (χ0) is 63.3. The standard InChI is InChI=1S/C57H66N14O15S/c1-4-9-38(66-53(83)39(22-45(74)75)65-44(73)19-14-29(2)63-50(80)30-15-17-31(18-16-30)60-25-32-26-62-49-48(64-32)56(86)71-57(58)70-49)52(82)67-40(23-46(76)77)54(84)68-41(24-47(78)79)55(85)69-42(51(81)59-3)27-61-43(72)20-21-87-28-37-35-12-7-5-10-33(35)34-11-6-8-13-36(34)37/h4-8,10-13,15-18,26,29,37-42,60H,1,9,14,19-25,27-28H2,2-3H3,(H,59,81)(H,61,72)(H,63,80)(H,65,73)(H,66,83)(H,67,82)(H,68,84)(H,69,85)(H,74,75)(H,76,77)(H,78,79)(H3,58,62,70,71,86)/t29-,38+,39+,40+,41+,42+/m1/s1. The smallest absolute Gasteiger partial charge is 0.305 e. The van der Waals surface area contributed by atoms with Crippen molar-refractivity contribution in [1.82, 2.24) is 62.5 Å². The van der Waals surface area contributed by atoms with Crippen molar-refractivity contribution in [1.29, 1.82) is 0 Å². The number of likely N-dealkylation sites (N-methyl/N-ethyl adjacent to an activating group) is 1. The number of carboxylic acid groups (broad SMARTS) is 3. The number of thioether (sulfide) groups is 1. The van der Waals surface area contributed by atoms with Crippen LogP contribution >= 0.6 is 11.8 Å². The molecule has 0 bridgehead atoms. The maximum Gasteiger partial charge on any atom is 0.305 e. The van der Waals surface area contributed by atoms with Crippen LogP contribution in [0.5, 0.6) is 0 Å². The lowest BCUT2D eigenvalue weighted by molar-refractivity contribution is -0.143. The van der Waals surface area contributed by atoms with Crippen molar-refractivity contribution in [3.8, 4) is 11.1 Å². The second-order valence-corrected chi connectivity index (χ2v) is 21.1. The first-order chi connectivity index (χ1) is 41.5. The number of nitrogens with zero attached hydrogens (tertiary/aromatic N) is 3. The number of benzene rings is 3. The number of aromatic nitrogens is 4. The predicted molar refractivity (Wildman–Crippen MR) is 316 cm³/mol. The number of amides is 8. The molecule has 3 aromatic carbocycles. The summed E-state index contributed by atoms with van der Waals surface area (Å²) in [5.41, 5.74) is 11.1. The molecule has 1 aliphatic rings. The minimum atomic E-state index is -2.04. The van der Waals surface area contributed by atoms with Gasteiger partial charge in [0.2, 0.25) is 47.3 Å². The van der Waals surface area contributed by atoms with Gasteiger partial charge in [-0.3, -0.25) is 62.5 Å². The third-order valence-corrected chi connectivity index (χ3v) is 14.5. The zero-order valence-electron chi connectivity index (χ0n) is 47.2. The first kappa shape index (κ1) is 65.9. The Morgan fingerprint density at radius 2 is 1.22 bits per heavy atom. The zero-order valence-corrected chi connectivity index (χ0v) is 48.0. The summed E-state index contributed by atoms with van der Waals surface area (Å²) in [5, 5.41) is 50.9. The number of H-pyrrole nitrogens is 1. The van der Waals surface area contributed by atoms with Gasteiger partial charge in [-0.15, -0.1) is 6.58 Å². The Morgan fingerprint density at radius 3 is 1.78 bits per heavy atom. The Labute approximate surface area is 500 Å². The second kappa shape index (κ2) is 31.6. The van der Waals surface area contributed by atoms with Crippen LogP contribution in [0.4, 0.5) is 11.6 Å². The highest BCUT2D eigenvalue weighted by molar-refractivity contribution is 7.99. The molecule has 2 heterocycles. The summed E-state index contributed by atoms with van der Waals surface area (Å²) < 4.78 is 0. The second-order valence-electron chi connectivity index (χ2n) is 20.0. The number of aromatic amines is 1. The lowest BCUT2D eigenvalue weighted by Gasteiger charge is -2.26. The summed E-state index contributed by atoms with van der Waals surface area (Å²) in [6, 6.07) is 12.9. The van der Waals surface area contributed by atoms with Crippen molar-refractivity contribution < 1.29 is 68.1 Å². The highest BCUT2D eigenvalue weighted by atomic mass is 32.2. The molecule has 460 valence electrons. The molecule has 0 aliphatic heterocycles. The van der Waals surface area contributed by atoms with Gasteiger partial charge in [-0.1, -0.05) is 54.6 Å². The van der Waals surface area contributed by atoms with Gasteiger partial charge in [0.25, 0.3) is 11.5 Å². The number of carboxylic acids is 3. The molecule has 0 saturated heterocycles. The molecule has 0 fully saturated rings. The van der Waals surface area contributed by atoms with Crippen LogP contribution in [0.2, 0.25) is 0 Å². The van der Waals surface area contributed by atoms with E-state index in [-0.39, 0.29) is 54.4 Å². The topological polar surface area (TPSA) is 454 Å². The normalized spacial score (nSPS) is 13.5. The molecule has 30 heteroatoms. The molecular weight excluding hydrogens is 1150 g/mol. The molecule has 0 radical (unpaired) electrons. The van der Waals surface area contributed by atoms with Gasteiger partial charge in [-0.2, -0.15) is 16.7 Å². The summed E-state index contributed by atoms with van der Waals surface area (Å²) in [7, 11) is 1.24. The van der Waals surface area contributed by atoms with E-state index in [4.69, 9.17) is 5.73 Å². The quantitative estimate of drug-likeness (QED) is 0.0195. The molecule has 8 amide bonds. The highest BCUT2D eigenvalue weighted by Crippen LogP contribution is 2.45. The lowest BCUT2D eigenvalue weighted by atomic mass is 9.99. The third kappa shape index (κ3) is 19.4. The van der Waals surface area contributed by atoms with Gasteiger partial charge in [0.15, 0.2) is 11.2 Å². The van der Waals surface area contributed by atoms with Crippen molar-refractivity contribution in [3.63, 3.8) is 0 Å². The summed E-state index contributed by atoms with van der Waals surface area (Å²) in [6.07, 6.45) is -1.31. The molecule has 6 atom stereocenters. The lowest BCUT2D eigenvalue weighted by Crippen LogP contribution is -2.60. The average Bonchev–Trinajstić information content (AvgIpc) is 1.91. The van der Waals surface area contributed by atoms with E-state index in [1.165, 1.54) is 36.5 Å². The monoisotopic (exact) mass is 1220 g/mol. The van der Waals surface area contributed by atoms with Crippen LogP contribution in [0.3, 0.4) is 0 Å². The van der Waals surface area contributed by atoms with E-state index in [1.807, 2.05) is 24.3 Å². The Kier molecular flexibility index (Phi) is 23.9. The van der Waals surface area contributed by atoms with Crippen molar-refractivity contribution in [3.05, 3.63) is 124 Å². The van der Waals surface area contributed by atoms with Crippen LogP contribution in [0, 0.1) is 0 Å². The number of nitrogens with one attached hydrogen (secondary N) is 10. The molecule has 6 rings (SSSR count). The predicted octanol–water partition coefficient (Wildman–Crippen LogP) is 0.0281. The number of nitrogens with two attached hydrogens (primary N) is 1. The van der Waals surface area contributed by atoms with E-state index in [9.17, 15) is 72.9 Å². The molecule has 15 N–H and O–H groups in total. The van der Waals surface area contributed by atoms with E-state index >= 15 is 0 Å². The van der Waals surface area contributed by atoms with E-state index in [0.717, 1.165) is 17.2 Å². The van der Waals surface area contributed by atoms with Gasteiger partial charge in [0.05, 0.1) is 37.7 Å². The van der Waals surface area contributed by atoms with Crippen LogP contribution < -0.4 is 59.1 Å². The summed E-state index contributed by atoms with van der Waals surface area (Å²) in [6.45, 7) is 4.85.